The minimum atomic E-state index is 0.707. The van der Waals surface area contributed by atoms with Crippen LogP contribution in [0.15, 0.2) is 0 Å². The molecule has 0 radical (unpaired) electrons. The third-order valence-electron chi connectivity index (χ3n) is 4.89. The zero-order valence-corrected chi connectivity index (χ0v) is 14.8. The van der Waals surface area contributed by atoms with Crippen molar-refractivity contribution in [3.8, 4) is 0 Å². The van der Waals surface area contributed by atoms with Gasteiger partial charge in [0.15, 0.2) is 0 Å². The van der Waals surface area contributed by atoms with Crippen LogP contribution >= 0.6 is 11.3 Å². The number of aryl methyl sites for hydroxylation is 2. The summed E-state index contributed by atoms with van der Waals surface area (Å²) < 4.78 is 5.48. The second kappa shape index (κ2) is 7.86. The van der Waals surface area contributed by atoms with E-state index in [0.29, 0.717) is 6.04 Å². The third-order valence-corrected chi connectivity index (χ3v) is 5.89. The number of hydrogen-bond donors (Lipinski definition) is 0. The predicted octanol–water partition coefficient (Wildman–Crippen LogP) is 2.70. The molecule has 0 amide bonds. The van der Waals surface area contributed by atoms with Gasteiger partial charge in [-0.05, 0) is 32.7 Å². The number of hydrogen-bond acceptors (Lipinski definition) is 5. The smallest absolute Gasteiger partial charge is 0.0900 e. The molecule has 1 unspecified atom stereocenters. The van der Waals surface area contributed by atoms with Gasteiger partial charge in [-0.25, -0.2) is 4.98 Å². The van der Waals surface area contributed by atoms with Gasteiger partial charge in [0.1, 0.15) is 0 Å². The first-order chi connectivity index (χ1) is 10.8. The number of piperidine rings is 1. The minimum absolute atomic E-state index is 0.707. The maximum atomic E-state index is 5.48. The molecular formula is C17H29N3OS. The van der Waals surface area contributed by atoms with Gasteiger partial charge in [0.05, 0.1) is 23.9 Å². The van der Waals surface area contributed by atoms with Gasteiger partial charge in [-0.1, -0.05) is 13.3 Å². The highest BCUT2D eigenvalue weighted by Gasteiger charge is 2.26. The molecule has 2 saturated heterocycles. The lowest BCUT2D eigenvalue weighted by Gasteiger charge is -2.39. The molecule has 1 aromatic rings. The molecule has 0 saturated carbocycles. The van der Waals surface area contributed by atoms with Crippen LogP contribution in [0.4, 0.5) is 0 Å². The molecule has 3 rings (SSSR count). The molecule has 1 atom stereocenters. The molecule has 3 heterocycles. The van der Waals surface area contributed by atoms with Gasteiger partial charge in [0.25, 0.3) is 0 Å². The molecule has 5 heteroatoms. The van der Waals surface area contributed by atoms with Crippen LogP contribution in [0.5, 0.6) is 0 Å². The average Bonchev–Trinajstić information content (AvgIpc) is 2.90. The lowest BCUT2D eigenvalue weighted by Crippen LogP contribution is -2.49. The van der Waals surface area contributed by atoms with Crippen LogP contribution in [0.2, 0.25) is 0 Å². The Kier molecular flexibility index (Phi) is 5.85. The number of morpholine rings is 1. The Morgan fingerprint density at radius 2 is 2.05 bits per heavy atom. The Bertz CT molecular complexity index is 470. The first kappa shape index (κ1) is 16.4. The summed E-state index contributed by atoms with van der Waals surface area (Å²) in [5, 5.41) is 1.22. The van der Waals surface area contributed by atoms with E-state index in [-0.39, 0.29) is 0 Å². The van der Waals surface area contributed by atoms with Crippen LogP contribution in [0.1, 0.15) is 41.8 Å². The Labute approximate surface area is 138 Å². The van der Waals surface area contributed by atoms with E-state index in [9.17, 15) is 0 Å². The highest BCUT2D eigenvalue weighted by atomic mass is 32.1. The second-order valence-corrected chi connectivity index (χ2v) is 7.78. The van der Waals surface area contributed by atoms with Crippen molar-refractivity contribution in [2.45, 2.75) is 52.1 Å². The van der Waals surface area contributed by atoms with Crippen molar-refractivity contribution in [3.63, 3.8) is 0 Å². The van der Waals surface area contributed by atoms with Crippen molar-refractivity contribution in [3.05, 3.63) is 15.6 Å². The van der Waals surface area contributed by atoms with E-state index < -0.39 is 0 Å². The van der Waals surface area contributed by atoms with Gasteiger partial charge in [-0.2, -0.15) is 0 Å². The lowest BCUT2D eigenvalue weighted by atomic mass is 10.0. The topological polar surface area (TPSA) is 28.6 Å². The van der Waals surface area contributed by atoms with E-state index in [4.69, 9.17) is 9.72 Å². The highest BCUT2D eigenvalue weighted by molar-refractivity contribution is 7.11. The van der Waals surface area contributed by atoms with Gasteiger partial charge in [0.2, 0.25) is 0 Å². The standard InChI is InChI=1S/C17H29N3OS/c1-3-16-17(22-14(2)18-16)13-20-7-5-4-6-15(20)12-19-8-10-21-11-9-19/h15H,3-13H2,1-2H3. The van der Waals surface area contributed by atoms with Crippen molar-refractivity contribution in [1.29, 1.82) is 0 Å². The summed E-state index contributed by atoms with van der Waals surface area (Å²) >= 11 is 1.89. The van der Waals surface area contributed by atoms with Crippen molar-refractivity contribution >= 4 is 11.3 Å². The Hall–Kier alpha value is -0.490. The van der Waals surface area contributed by atoms with Crippen molar-refractivity contribution in [2.24, 2.45) is 0 Å². The average molecular weight is 324 g/mol. The van der Waals surface area contributed by atoms with Crippen LogP contribution in [0.3, 0.4) is 0 Å². The zero-order chi connectivity index (χ0) is 15.4. The van der Waals surface area contributed by atoms with Crippen LogP contribution in [-0.2, 0) is 17.7 Å². The molecule has 0 aliphatic carbocycles. The predicted molar refractivity (Wildman–Crippen MR) is 91.5 cm³/mol. The molecule has 0 N–H and O–H groups in total. The number of ether oxygens (including phenoxy) is 1. The second-order valence-electron chi connectivity index (χ2n) is 6.49. The molecule has 2 aliphatic rings. The molecular weight excluding hydrogens is 294 g/mol. The number of likely N-dealkylation sites (tertiary alicyclic amines) is 1. The summed E-state index contributed by atoms with van der Waals surface area (Å²) in [4.78, 5) is 11.5. The van der Waals surface area contributed by atoms with Gasteiger partial charge < -0.3 is 4.74 Å². The molecule has 0 aromatic carbocycles. The normalized spacial score (nSPS) is 24.7. The molecule has 2 fully saturated rings. The maximum Gasteiger partial charge on any atom is 0.0900 e. The van der Waals surface area contributed by atoms with Crippen molar-refractivity contribution < 1.29 is 4.74 Å². The van der Waals surface area contributed by atoms with Gasteiger partial charge in [-0.3, -0.25) is 9.80 Å². The summed E-state index contributed by atoms with van der Waals surface area (Å²) in [5.41, 5.74) is 1.32. The van der Waals surface area contributed by atoms with Crippen molar-refractivity contribution in [1.82, 2.24) is 14.8 Å². The number of nitrogens with zero attached hydrogens (tertiary/aromatic N) is 3. The summed E-state index contributed by atoms with van der Waals surface area (Å²) in [5.74, 6) is 0. The molecule has 0 spiro atoms. The number of aromatic nitrogens is 1. The summed E-state index contributed by atoms with van der Waals surface area (Å²) in [6.07, 6.45) is 5.13. The first-order valence-corrected chi connectivity index (χ1v) is 9.57. The minimum Gasteiger partial charge on any atom is -0.379 e. The summed E-state index contributed by atoms with van der Waals surface area (Å²) in [6.45, 7) is 11.9. The van der Waals surface area contributed by atoms with E-state index in [1.807, 2.05) is 11.3 Å². The molecule has 124 valence electrons. The van der Waals surface area contributed by atoms with E-state index in [0.717, 1.165) is 39.3 Å². The Balaban J connectivity index is 1.63. The zero-order valence-electron chi connectivity index (χ0n) is 14.0. The van der Waals surface area contributed by atoms with Crippen LogP contribution in [0, 0.1) is 6.92 Å². The van der Waals surface area contributed by atoms with Crippen LogP contribution in [0.25, 0.3) is 0 Å². The van der Waals surface area contributed by atoms with Crippen LogP contribution in [-0.4, -0.2) is 60.2 Å². The van der Waals surface area contributed by atoms with E-state index in [2.05, 4.69) is 23.6 Å². The van der Waals surface area contributed by atoms with Crippen LogP contribution < -0.4 is 0 Å². The summed E-state index contributed by atoms with van der Waals surface area (Å²) in [6, 6.07) is 0.707. The lowest BCUT2D eigenvalue weighted by molar-refractivity contribution is 0.0154. The number of thiazole rings is 1. The Morgan fingerprint density at radius 3 is 2.82 bits per heavy atom. The Morgan fingerprint density at radius 1 is 1.23 bits per heavy atom. The number of rotatable bonds is 5. The van der Waals surface area contributed by atoms with E-state index in [1.54, 1.807) is 0 Å². The summed E-state index contributed by atoms with van der Waals surface area (Å²) in [7, 11) is 0. The SMILES string of the molecule is CCc1nc(C)sc1CN1CCCCC1CN1CCOCC1. The quantitative estimate of drug-likeness (QED) is 0.833. The largest absolute Gasteiger partial charge is 0.379 e. The third kappa shape index (κ3) is 4.07. The van der Waals surface area contributed by atoms with Gasteiger partial charge in [0, 0.05) is 37.1 Å². The van der Waals surface area contributed by atoms with Gasteiger partial charge >= 0.3 is 0 Å². The molecule has 2 aliphatic heterocycles. The highest BCUT2D eigenvalue weighted by Crippen LogP contribution is 2.25. The fourth-order valence-corrected chi connectivity index (χ4v) is 4.70. The molecule has 22 heavy (non-hydrogen) atoms. The fourth-order valence-electron chi connectivity index (χ4n) is 3.65. The fraction of sp³-hybridized carbons (Fsp3) is 0.824. The van der Waals surface area contributed by atoms with Gasteiger partial charge in [-0.15, -0.1) is 11.3 Å². The van der Waals surface area contributed by atoms with Crippen molar-refractivity contribution in [2.75, 3.05) is 39.4 Å². The maximum absolute atomic E-state index is 5.48. The molecule has 4 nitrogen and oxygen atoms in total. The first-order valence-electron chi connectivity index (χ1n) is 8.75. The van der Waals surface area contributed by atoms with E-state index >= 15 is 0 Å². The molecule has 0 bridgehead atoms. The molecule has 1 aromatic heterocycles. The van der Waals surface area contributed by atoms with E-state index in [1.165, 1.54) is 47.9 Å². The monoisotopic (exact) mass is 323 g/mol.